The summed E-state index contributed by atoms with van der Waals surface area (Å²) in [6.45, 7) is 8.52. The van der Waals surface area contributed by atoms with Gasteiger partial charge in [0.2, 0.25) is 0 Å². The molecule has 86 valence electrons. The number of ether oxygens (including phenoxy) is 1. The molecule has 0 aromatic carbocycles. The summed E-state index contributed by atoms with van der Waals surface area (Å²) >= 11 is 0. The molecule has 2 aliphatic rings. The molecule has 0 bridgehead atoms. The van der Waals surface area contributed by atoms with E-state index in [9.17, 15) is 4.79 Å². The summed E-state index contributed by atoms with van der Waals surface area (Å²) in [5.41, 5.74) is -0.0600. The molecule has 4 nitrogen and oxygen atoms in total. The van der Waals surface area contributed by atoms with Gasteiger partial charge in [-0.2, -0.15) is 0 Å². The van der Waals surface area contributed by atoms with E-state index in [2.05, 4.69) is 10.6 Å². The van der Waals surface area contributed by atoms with E-state index in [1.165, 1.54) is 6.42 Å². The van der Waals surface area contributed by atoms with Crippen molar-refractivity contribution >= 4 is 6.09 Å². The number of fused-ring (bicyclic) bond motifs is 1. The Balaban J connectivity index is 1.72. The minimum atomic E-state index is -0.404. The Labute approximate surface area is 90.8 Å². The molecule has 2 fully saturated rings. The van der Waals surface area contributed by atoms with Gasteiger partial charge in [0.05, 0.1) is 0 Å². The standard InChI is InChI=1S/C11H20N2O2/c1-10(2,3)15-9(14)13-7-11-4-8(11)5-12-6-11/h8,12H,4-7H2,1-3H3,(H,13,14)/t8-,11+/m1/s1. The topological polar surface area (TPSA) is 50.4 Å². The van der Waals surface area contributed by atoms with Gasteiger partial charge in [-0.3, -0.25) is 0 Å². The van der Waals surface area contributed by atoms with Gasteiger partial charge in [-0.25, -0.2) is 4.79 Å². The fourth-order valence-electron chi connectivity index (χ4n) is 2.27. The number of carbonyl (C=O) groups is 1. The van der Waals surface area contributed by atoms with Crippen LogP contribution in [-0.2, 0) is 4.74 Å². The highest BCUT2D eigenvalue weighted by atomic mass is 16.6. The Bertz CT molecular complexity index is 272. The summed E-state index contributed by atoms with van der Waals surface area (Å²) in [6, 6.07) is 0. The van der Waals surface area contributed by atoms with Crippen molar-refractivity contribution in [3.63, 3.8) is 0 Å². The second-order valence-corrected chi connectivity index (χ2v) is 5.75. The maximum Gasteiger partial charge on any atom is 0.407 e. The number of hydrogen-bond donors (Lipinski definition) is 2. The summed E-state index contributed by atoms with van der Waals surface area (Å²) in [5, 5.41) is 6.20. The van der Waals surface area contributed by atoms with Gasteiger partial charge in [-0.15, -0.1) is 0 Å². The van der Waals surface area contributed by atoms with Crippen LogP contribution in [0.15, 0.2) is 0 Å². The Morgan fingerprint density at radius 2 is 2.33 bits per heavy atom. The van der Waals surface area contributed by atoms with Gasteiger partial charge in [0, 0.05) is 18.5 Å². The molecular weight excluding hydrogens is 192 g/mol. The zero-order valence-electron chi connectivity index (χ0n) is 9.72. The molecule has 0 unspecified atom stereocenters. The molecule has 15 heavy (non-hydrogen) atoms. The number of carbonyl (C=O) groups excluding carboxylic acids is 1. The van der Waals surface area contributed by atoms with Crippen LogP contribution in [0.25, 0.3) is 0 Å². The van der Waals surface area contributed by atoms with Crippen molar-refractivity contribution in [2.75, 3.05) is 19.6 Å². The Hall–Kier alpha value is -0.770. The normalized spacial score (nSPS) is 33.4. The third-order valence-corrected chi connectivity index (χ3v) is 3.21. The lowest BCUT2D eigenvalue weighted by molar-refractivity contribution is 0.0516. The highest BCUT2D eigenvalue weighted by molar-refractivity contribution is 5.67. The number of nitrogens with one attached hydrogen (secondary N) is 2. The lowest BCUT2D eigenvalue weighted by atomic mass is 10.1. The quantitative estimate of drug-likeness (QED) is 0.721. The Morgan fingerprint density at radius 3 is 2.80 bits per heavy atom. The Morgan fingerprint density at radius 1 is 1.60 bits per heavy atom. The number of rotatable bonds is 2. The van der Waals surface area contributed by atoms with Crippen LogP contribution in [0.5, 0.6) is 0 Å². The van der Waals surface area contributed by atoms with E-state index in [4.69, 9.17) is 4.74 Å². The molecule has 0 aromatic heterocycles. The first-order chi connectivity index (χ1) is 6.91. The molecular formula is C11H20N2O2. The predicted octanol–water partition coefficient (Wildman–Crippen LogP) is 1.12. The lowest BCUT2D eigenvalue weighted by Gasteiger charge is -2.21. The van der Waals surface area contributed by atoms with Crippen molar-refractivity contribution < 1.29 is 9.53 Å². The molecule has 2 N–H and O–H groups in total. The molecule has 2 atom stereocenters. The van der Waals surface area contributed by atoms with Crippen molar-refractivity contribution in [3.8, 4) is 0 Å². The highest BCUT2D eigenvalue weighted by Crippen LogP contribution is 2.54. The average molecular weight is 212 g/mol. The first-order valence-electron chi connectivity index (χ1n) is 5.59. The van der Waals surface area contributed by atoms with Crippen molar-refractivity contribution in [1.29, 1.82) is 0 Å². The van der Waals surface area contributed by atoms with Gasteiger partial charge >= 0.3 is 6.09 Å². The van der Waals surface area contributed by atoms with Gasteiger partial charge in [-0.1, -0.05) is 0 Å². The third kappa shape index (κ3) is 2.43. The molecule has 1 aliphatic heterocycles. The minimum absolute atomic E-state index is 0.297. The van der Waals surface area contributed by atoms with E-state index in [0.717, 1.165) is 25.6 Å². The van der Waals surface area contributed by atoms with Crippen molar-refractivity contribution in [2.45, 2.75) is 32.8 Å². The molecule has 0 aromatic rings. The van der Waals surface area contributed by atoms with Crippen LogP contribution in [0.2, 0.25) is 0 Å². The van der Waals surface area contributed by atoms with Crippen molar-refractivity contribution in [2.24, 2.45) is 11.3 Å². The smallest absolute Gasteiger partial charge is 0.407 e. The molecule has 0 spiro atoms. The van der Waals surface area contributed by atoms with Gasteiger partial charge in [-0.05, 0) is 39.7 Å². The monoisotopic (exact) mass is 212 g/mol. The van der Waals surface area contributed by atoms with Crippen LogP contribution in [0, 0.1) is 11.3 Å². The maximum atomic E-state index is 11.4. The van der Waals surface area contributed by atoms with Crippen LogP contribution in [0.4, 0.5) is 4.79 Å². The number of hydrogen-bond acceptors (Lipinski definition) is 3. The average Bonchev–Trinajstić information content (AvgIpc) is 2.63. The number of alkyl carbamates (subject to hydrolysis) is 1. The van der Waals surface area contributed by atoms with Crippen LogP contribution >= 0.6 is 0 Å². The summed E-state index contributed by atoms with van der Waals surface area (Å²) in [5.74, 6) is 0.771. The molecule has 1 heterocycles. The van der Waals surface area contributed by atoms with Crippen molar-refractivity contribution in [3.05, 3.63) is 0 Å². The zero-order chi connectivity index (χ0) is 11.1. The predicted molar refractivity (Wildman–Crippen MR) is 57.6 cm³/mol. The maximum absolute atomic E-state index is 11.4. The molecule has 0 radical (unpaired) electrons. The summed E-state index contributed by atoms with van der Waals surface area (Å²) < 4.78 is 5.19. The van der Waals surface area contributed by atoms with E-state index < -0.39 is 5.60 Å². The van der Waals surface area contributed by atoms with E-state index in [0.29, 0.717) is 5.41 Å². The van der Waals surface area contributed by atoms with Crippen LogP contribution in [0.3, 0.4) is 0 Å². The van der Waals surface area contributed by atoms with E-state index >= 15 is 0 Å². The zero-order valence-corrected chi connectivity index (χ0v) is 9.72. The third-order valence-electron chi connectivity index (χ3n) is 3.21. The number of piperidine rings is 1. The van der Waals surface area contributed by atoms with E-state index in [1.54, 1.807) is 0 Å². The number of amides is 1. The molecule has 1 saturated heterocycles. The van der Waals surface area contributed by atoms with Gasteiger partial charge in [0.1, 0.15) is 5.60 Å². The molecule has 1 saturated carbocycles. The molecule has 1 aliphatic carbocycles. The molecule has 4 heteroatoms. The van der Waals surface area contributed by atoms with Crippen LogP contribution < -0.4 is 10.6 Å². The van der Waals surface area contributed by atoms with Crippen LogP contribution in [0.1, 0.15) is 27.2 Å². The van der Waals surface area contributed by atoms with Gasteiger partial charge < -0.3 is 15.4 Å². The fourth-order valence-corrected chi connectivity index (χ4v) is 2.27. The second-order valence-electron chi connectivity index (χ2n) is 5.75. The lowest BCUT2D eigenvalue weighted by Crippen LogP contribution is -2.37. The minimum Gasteiger partial charge on any atom is -0.444 e. The SMILES string of the molecule is CC(C)(C)OC(=O)NC[C@]12CNC[C@H]1C2. The van der Waals surface area contributed by atoms with Gasteiger partial charge in [0.15, 0.2) is 0 Å². The first kappa shape index (κ1) is 10.7. The largest absolute Gasteiger partial charge is 0.444 e. The molecule has 2 rings (SSSR count). The van der Waals surface area contributed by atoms with E-state index in [1.807, 2.05) is 20.8 Å². The Kier molecular flexibility index (Phi) is 2.41. The van der Waals surface area contributed by atoms with Gasteiger partial charge in [0.25, 0.3) is 0 Å². The summed E-state index contributed by atoms with van der Waals surface area (Å²) in [6.07, 6.45) is 0.949. The first-order valence-corrected chi connectivity index (χ1v) is 5.59. The summed E-state index contributed by atoms with van der Waals surface area (Å²) in [7, 11) is 0. The second kappa shape index (κ2) is 3.37. The van der Waals surface area contributed by atoms with Crippen molar-refractivity contribution in [1.82, 2.24) is 10.6 Å². The highest BCUT2D eigenvalue weighted by Gasteiger charge is 2.56. The van der Waals surface area contributed by atoms with Crippen LogP contribution in [-0.4, -0.2) is 31.3 Å². The summed E-state index contributed by atoms with van der Waals surface area (Å²) in [4.78, 5) is 11.4. The van der Waals surface area contributed by atoms with E-state index in [-0.39, 0.29) is 6.09 Å². The fraction of sp³-hybridized carbons (Fsp3) is 0.909. The molecule has 1 amide bonds.